The number of nitriles is 1. The number of ether oxygens (including phenoxy) is 1. The monoisotopic (exact) mass is 292 g/mol. The van der Waals surface area contributed by atoms with Gasteiger partial charge in [0.05, 0.1) is 5.56 Å². The number of anilines is 1. The van der Waals surface area contributed by atoms with Gasteiger partial charge >= 0.3 is 6.61 Å². The van der Waals surface area contributed by atoms with Gasteiger partial charge in [0.15, 0.2) is 5.82 Å². The third-order valence-electron chi connectivity index (χ3n) is 2.53. The molecule has 0 aliphatic rings. The first kappa shape index (κ1) is 14.5. The van der Waals surface area contributed by atoms with Gasteiger partial charge in [-0.15, -0.1) is 0 Å². The minimum atomic E-state index is -3.04. The Morgan fingerprint density at radius 2 is 2.19 bits per heavy atom. The predicted octanol–water partition coefficient (Wildman–Crippen LogP) is 2.15. The van der Waals surface area contributed by atoms with Gasteiger partial charge in [0, 0.05) is 13.2 Å². The molecule has 2 aromatic rings. The first-order chi connectivity index (χ1) is 10.0. The lowest BCUT2D eigenvalue weighted by Crippen LogP contribution is -2.16. The molecule has 0 unspecified atom stereocenters. The van der Waals surface area contributed by atoms with Gasteiger partial charge in [0.25, 0.3) is 5.91 Å². The Hall–Kier alpha value is -2.95. The number of nitrogens with zero attached hydrogens (tertiary/aromatic N) is 3. The average Bonchev–Trinajstić information content (AvgIpc) is 2.78. The Labute approximate surface area is 118 Å². The molecule has 8 heteroatoms. The van der Waals surface area contributed by atoms with Gasteiger partial charge in [-0.1, -0.05) is 12.1 Å². The maximum absolute atomic E-state index is 12.3. The topological polar surface area (TPSA) is 79.9 Å². The number of aromatic nitrogens is 2. The maximum Gasteiger partial charge on any atom is 0.387 e. The van der Waals surface area contributed by atoms with Crippen LogP contribution in [0.3, 0.4) is 0 Å². The lowest BCUT2D eigenvalue weighted by molar-refractivity contribution is -0.0501. The van der Waals surface area contributed by atoms with E-state index in [0.29, 0.717) is 0 Å². The molecule has 0 fully saturated rings. The van der Waals surface area contributed by atoms with E-state index < -0.39 is 12.5 Å². The van der Waals surface area contributed by atoms with Crippen LogP contribution in [0, 0.1) is 11.3 Å². The number of rotatable bonds is 4. The zero-order valence-corrected chi connectivity index (χ0v) is 10.9. The molecule has 1 aromatic heterocycles. The largest absolute Gasteiger partial charge is 0.434 e. The van der Waals surface area contributed by atoms with E-state index >= 15 is 0 Å². The third-order valence-corrected chi connectivity index (χ3v) is 2.53. The molecule has 2 rings (SSSR count). The van der Waals surface area contributed by atoms with Gasteiger partial charge in [0.2, 0.25) is 0 Å². The van der Waals surface area contributed by atoms with Crippen LogP contribution in [0.15, 0.2) is 30.5 Å². The number of aryl methyl sites for hydroxylation is 1. The number of halogens is 2. The summed E-state index contributed by atoms with van der Waals surface area (Å²) in [7, 11) is 1.59. The summed E-state index contributed by atoms with van der Waals surface area (Å²) < 4.78 is 30.2. The van der Waals surface area contributed by atoms with Crippen molar-refractivity contribution in [2.24, 2.45) is 7.05 Å². The number of para-hydroxylation sites is 1. The van der Waals surface area contributed by atoms with Gasteiger partial charge in [-0.3, -0.25) is 9.48 Å². The Bertz CT molecular complexity index is 706. The summed E-state index contributed by atoms with van der Waals surface area (Å²) in [4.78, 5) is 12.1. The minimum Gasteiger partial charge on any atom is -0.434 e. The van der Waals surface area contributed by atoms with Crippen LogP contribution in [0.4, 0.5) is 14.6 Å². The van der Waals surface area contributed by atoms with E-state index in [1.54, 1.807) is 7.05 Å². The zero-order valence-electron chi connectivity index (χ0n) is 10.9. The number of hydrogen-bond acceptors (Lipinski definition) is 4. The second-order valence-corrected chi connectivity index (χ2v) is 4.01. The second kappa shape index (κ2) is 6.00. The molecule has 1 aromatic carbocycles. The molecule has 0 aliphatic heterocycles. The Balaban J connectivity index is 2.27. The molecule has 1 amide bonds. The van der Waals surface area contributed by atoms with Crippen molar-refractivity contribution in [2.75, 3.05) is 5.32 Å². The van der Waals surface area contributed by atoms with E-state index in [9.17, 15) is 13.6 Å². The standard InChI is InChI=1S/C13H10F2N4O2/c1-19-7-8(6-16)11(18-19)17-12(20)9-4-2-3-5-10(9)21-13(14)15/h2-5,7,13H,1H3,(H,17,18,20). The van der Waals surface area contributed by atoms with E-state index in [4.69, 9.17) is 5.26 Å². The van der Waals surface area contributed by atoms with Gasteiger partial charge in [-0.2, -0.15) is 19.1 Å². The van der Waals surface area contributed by atoms with Crippen LogP contribution in [-0.2, 0) is 7.05 Å². The molecule has 0 bridgehead atoms. The molecule has 0 aliphatic carbocycles. The maximum atomic E-state index is 12.3. The van der Waals surface area contributed by atoms with Crippen LogP contribution < -0.4 is 10.1 Å². The van der Waals surface area contributed by atoms with Crippen LogP contribution in [-0.4, -0.2) is 22.3 Å². The normalized spacial score (nSPS) is 10.2. The molecule has 21 heavy (non-hydrogen) atoms. The van der Waals surface area contributed by atoms with Crippen molar-refractivity contribution < 1.29 is 18.3 Å². The summed E-state index contributed by atoms with van der Waals surface area (Å²) in [5, 5.41) is 15.2. The predicted molar refractivity (Wildman–Crippen MR) is 69.0 cm³/mol. The number of carbonyl (C=O) groups is 1. The summed E-state index contributed by atoms with van der Waals surface area (Å²) in [6.07, 6.45) is 1.43. The first-order valence-corrected chi connectivity index (χ1v) is 5.80. The Morgan fingerprint density at radius 3 is 2.86 bits per heavy atom. The lowest BCUT2D eigenvalue weighted by Gasteiger charge is -2.09. The van der Waals surface area contributed by atoms with E-state index in [1.165, 1.54) is 35.1 Å². The van der Waals surface area contributed by atoms with Crippen molar-refractivity contribution in [3.63, 3.8) is 0 Å². The van der Waals surface area contributed by atoms with E-state index in [-0.39, 0.29) is 22.7 Å². The smallest absolute Gasteiger partial charge is 0.387 e. The quantitative estimate of drug-likeness (QED) is 0.936. The number of alkyl halides is 2. The molecular formula is C13H10F2N4O2. The Kier molecular flexibility index (Phi) is 4.13. The van der Waals surface area contributed by atoms with Crippen LogP contribution in [0.2, 0.25) is 0 Å². The summed E-state index contributed by atoms with van der Waals surface area (Å²) in [5.74, 6) is -0.891. The molecule has 0 saturated carbocycles. The van der Waals surface area contributed by atoms with Crippen molar-refractivity contribution in [1.82, 2.24) is 9.78 Å². The van der Waals surface area contributed by atoms with Crippen LogP contribution in [0.1, 0.15) is 15.9 Å². The summed E-state index contributed by atoms with van der Waals surface area (Å²) in [6.45, 7) is -3.04. The second-order valence-electron chi connectivity index (χ2n) is 4.01. The van der Waals surface area contributed by atoms with Crippen molar-refractivity contribution in [1.29, 1.82) is 5.26 Å². The molecule has 0 atom stereocenters. The third kappa shape index (κ3) is 3.33. The van der Waals surface area contributed by atoms with Gasteiger partial charge in [0.1, 0.15) is 17.4 Å². The van der Waals surface area contributed by atoms with Crippen LogP contribution >= 0.6 is 0 Å². The highest BCUT2D eigenvalue weighted by Gasteiger charge is 2.17. The number of carbonyl (C=O) groups excluding carboxylic acids is 1. The molecular weight excluding hydrogens is 282 g/mol. The minimum absolute atomic E-state index is 0.0526. The van der Waals surface area contributed by atoms with E-state index in [1.807, 2.05) is 6.07 Å². The fraction of sp³-hybridized carbons (Fsp3) is 0.154. The first-order valence-electron chi connectivity index (χ1n) is 5.80. The highest BCUT2D eigenvalue weighted by atomic mass is 19.3. The summed E-state index contributed by atoms with van der Waals surface area (Å²) >= 11 is 0. The molecule has 1 N–H and O–H groups in total. The lowest BCUT2D eigenvalue weighted by atomic mass is 10.2. The van der Waals surface area contributed by atoms with Crippen LogP contribution in [0.5, 0.6) is 5.75 Å². The van der Waals surface area contributed by atoms with Crippen molar-refractivity contribution >= 4 is 11.7 Å². The number of hydrogen-bond donors (Lipinski definition) is 1. The SMILES string of the molecule is Cn1cc(C#N)c(NC(=O)c2ccccc2OC(F)F)n1. The average molecular weight is 292 g/mol. The van der Waals surface area contributed by atoms with Crippen molar-refractivity contribution in [3.8, 4) is 11.8 Å². The molecule has 0 radical (unpaired) electrons. The molecule has 0 spiro atoms. The summed E-state index contributed by atoms with van der Waals surface area (Å²) in [5.41, 5.74) is 0.0884. The van der Waals surface area contributed by atoms with Crippen LogP contribution in [0.25, 0.3) is 0 Å². The molecule has 6 nitrogen and oxygen atoms in total. The number of nitrogens with one attached hydrogen (secondary N) is 1. The highest BCUT2D eigenvalue weighted by Crippen LogP contribution is 2.22. The highest BCUT2D eigenvalue weighted by molar-refractivity contribution is 6.06. The Morgan fingerprint density at radius 1 is 1.48 bits per heavy atom. The summed E-state index contributed by atoms with van der Waals surface area (Å²) in [6, 6.07) is 7.44. The molecule has 108 valence electrons. The fourth-order valence-corrected chi connectivity index (χ4v) is 1.69. The molecule has 1 heterocycles. The number of amides is 1. The van der Waals surface area contributed by atoms with Gasteiger partial charge in [-0.05, 0) is 12.1 Å². The van der Waals surface area contributed by atoms with Gasteiger partial charge < -0.3 is 10.1 Å². The molecule has 0 saturated heterocycles. The van der Waals surface area contributed by atoms with Crippen molar-refractivity contribution in [3.05, 3.63) is 41.6 Å². The zero-order chi connectivity index (χ0) is 15.4. The van der Waals surface area contributed by atoms with E-state index in [2.05, 4.69) is 15.2 Å². The van der Waals surface area contributed by atoms with Crippen molar-refractivity contribution in [2.45, 2.75) is 6.61 Å². The fourth-order valence-electron chi connectivity index (χ4n) is 1.69. The van der Waals surface area contributed by atoms with E-state index in [0.717, 1.165) is 0 Å². The number of benzene rings is 1. The van der Waals surface area contributed by atoms with Gasteiger partial charge in [-0.25, -0.2) is 0 Å².